The number of carbonyl (C=O) groups excluding carboxylic acids is 2. The Kier molecular flexibility index (Phi) is 5.56. The van der Waals surface area contributed by atoms with Gasteiger partial charge in [-0.3, -0.25) is 9.59 Å². The Labute approximate surface area is 145 Å². The van der Waals surface area contributed by atoms with E-state index in [1.165, 1.54) is 11.8 Å². The van der Waals surface area contributed by atoms with Gasteiger partial charge in [0.15, 0.2) is 0 Å². The monoisotopic (exact) mass is 341 g/mol. The largest absolute Gasteiger partial charge is 0.325 e. The predicted molar refractivity (Wildman–Crippen MR) is 94.0 cm³/mol. The van der Waals surface area contributed by atoms with E-state index in [2.05, 4.69) is 5.32 Å². The van der Waals surface area contributed by atoms with Crippen molar-refractivity contribution >= 4 is 34.8 Å². The molecule has 2 amide bonds. The van der Waals surface area contributed by atoms with Gasteiger partial charge in [-0.2, -0.15) is 5.26 Å². The fraction of sp³-hybridized carbons (Fsp3) is 0.167. The average molecular weight is 342 g/mol. The number of amides is 2. The van der Waals surface area contributed by atoms with Crippen molar-refractivity contribution in [3.8, 4) is 6.07 Å². The normalized spacial score (nSPS) is 9.92. The summed E-state index contributed by atoms with van der Waals surface area (Å²) in [4.78, 5) is 25.6. The molecule has 0 bridgehead atoms. The lowest BCUT2D eigenvalue weighted by Gasteiger charge is -2.23. The quantitative estimate of drug-likeness (QED) is 0.924. The van der Waals surface area contributed by atoms with Gasteiger partial charge in [-0.1, -0.05) is 17.7 Å². The Morgan fingerprint density at radius 2 is 1.88 bits per heavy atom. The lowest BCUT2D eigenvalue weighted by molar-refractivity contribution is -0.120. The van der Waals surface area contributed by atoms with Crippen molar-refractivity contribution in [1.29, 1.82) is 5.26 Å². The minimum Gasteiger partial charge on any atom is -0.325 e. The molecule has 122 valence electrons. The number of nitrogens with zero attached hydrogens (tertiary/aromatic N) is 2. The van der Waals surface area contributed by atoms with Gasteiger partial charge in [0, 0.05) is 23.3 Å². The Balaban J connectivity index is 2.15. The van der Waals surface area contributed by atoms with Crippen LogP contribution in [0.1, 0.15) is 18.1 Å². The van der Waals surface area contributed by atoms with E-state index in [0.717, 1.165) is 5.56 Å². The molecule has 0 radical (unpaired) electrons. The van der Waals surface area contributed by atoms with Crippen LogP contribution in [0.4, 0.5) is 11.4 Å². The molecule has 2 rings (SSSR count). The van der Waals surface area contributed by atoms with Gasteiger partial charge in [-0.05, 0) is 48.9 Å². The number of nitriles is 1. The highest BCUT2D eigenvalue weighted by Crippen LogP contribution is 2.26. The van der Waals surface area contributed by atoms with Crippen LogP contribution in [0.25, 0.3) is 0 Å². The van der Waals surface area contributed by atoms with E-state index in [1.807, 2.05) is 6.07 Å². The van der Waals surface area contributed by atoms with Crippen molar-refractivity contribution < 1.29 is 9.59 Å². The highest BCUT2D eigenvalue weighted by atomic mass is 35.5. The Morgan fingerprint density at radius 1 is 1.21 bits per heavy atom. The van der Waals surface area contributed by atoms with Crippen molar-refractivity contribution in [1.82, 2.24) is 0 Å². The minimum atomic E-state index is -0.339. The first-order chi connectivity index (χ1) is 11.4. The van der Waals surface area contributed by atoms with Crippen molar-refractivity contribution in [3.05, 3.63) is 58.6 Å². The number of hydrogen-bond donors (Lipinski definition) is 1. The van der Waals surface area contributed by atoms with Gasteiger partial charge in [0.05, 0.1) is 11.6 Å². The zero-order valence-corrected chi connectivity index (χ0v) is 14.1. The summed E-state index contributed by atoms with van der Waals surface area (Å²) in [5, 5.41) is 12.0. The molecule has 0 heterocycles. The summed E-state index contributed by atoms with van der Waals surface area (Å²) in [5.41, 5.74) is 2.41. The fourth-order valence-corrected chi connectivity index (χ4v) is 2.40. The van der Waals surface area contributed by atoms with E-state index < -0.39 is 0 Å². The number of rotatable bonds is 4. The molecule has 6 heteroatoms. The van der Waals surface area contributed by atoms with Gasteiger partial charge >= 0.3 is 0 Å². The summed E-state index contributed by atoms with van der Waals surface area (Å²) >= 11 is 6.09. The van der Waals surface area contributed by atoms with Crippen LogP contribution in [-0.4, -0.2) is 18.4 Å². The topological polar surface area (TPSA) is 73.2 Å². The van der Waals surface area contributed by atoms with Crippen LogP contribution in [-0.2, 0) is 9.59 Å². The van der Waals surface area contributed by atoms with Gasteiger partial charge in [0.25, 0.3) is 0 Å². The van der Waals surface area contributed by atoms with Crippen LogP contribution in [0.2, 0.25) is 5.02 Å². The van der Waals surface area contributed by atoms with Crippen molar-refractivity contribution in [3.63, 3.8) is 0 Å². The molecule has 0 saturated carbocycles. The maximum Gasteiger partial charge on any atom is 0.244 e. The first-order valence-corrected chi connectivity index (χ1v) is 7.63. The number of benzene rings is 2. The van der Waals surface area contributed by atoms with Crippen LogP contribution in [0.5, 0.6) is 0 Å². The standard InChI is InChI=1S/C18H16ClN3O2/c1-12-16(19)4-3-5-17(12)22(13(2)23)11-18(24)21-15-8-6-14(10-20)7-9-15/h3-9H,11H2,1-2H3,(H,21,24). The maximum atomic E-state index is 12.2. The lowest BCUT2D eigenvalue weighted by Crippen LogP contribution is -2.37. The van der Waals surface area contributed by atoms with E-state index in [9.17, 15) is 9.59 Å². The second-order valence-corrected chi connectivity index (χ2v) is 5.63. The van der Waals surface area contributed by atoms with Crippen LogP contribution in [0.15, 0.2) is 42.5 Å². The SMILES string of the molecule is CC(=O)N(CC(=O)Nc1ccc(C#N)cc1)c1cccc(Cl)c1C. The van der Waals surface area contributed by atoms with E-state index in [-0.39, 0.29) is 18.4 Å². The van der Waals surface area contributed by atoms with Crippen molar-refractivity contribution in [2.24, 2.45) is 0 Å². The van der Waals surface area contributed by atoms with E-state index in [0.29, 0.717) is 22.0 Å². The minimum absolute atomic E-state index is 0.128. The maximum absolute atomic E-state index is 12.2. The Hall–Kier alpha value is -2.84. The van der Waals surface area contributed by atoms with Crippen LogP contribution >= 0.6 is 11.6 Å². The molecule has 0 spiro atoms. The summed E-state index contributed by atoms with van der Waals surface area (Å²) in [5.74, 6) is -0.593. The zero-order valence-electron chi connectivity index (χ0n) is 13.3. The molecule has 24 heavy (non-hydrogen) atoms. The number of hydrogen-bond acceptors (Lipinski definition) is 3. The zero-order chi connectivity index (χ0) is 17.7. The van der Waals surface area contributed by atoms with Crippen molar-refractivity contribution in [2.75, 3.05) is 16.8 Å². The van der Waals surface area contributed by atoms with E-state index in [1.54, 1.807) is 49.4 Å². The summed E-state index contributed by atoms with van der Waals surface area (Å²) in [7, 11) is 0. The molecule has 0 aromatic heterocycles. The van der Waals surface area contributed by atoms with Crippen LogP contribution in [0.3, 0.4) is 0 Å². The summed E-state index contributed by atoms with van der Waals surface area (Å²) in [6.07, 6.45) is 0. The smallest absolute Gasteiger partial charge is 0.244 e. The summed E-state index contributed by atoms with van der Waals surface area (Å²) in [6.45, 7) is 3.07. The Morgan fingerprint density at radius 3 is 2.46 bits per heavy atom. The second-order valence-electron chi connectivity index (χ2n) is 5.23. The van der Waals surface area contributed by atoms with E-state index in [4.69, 9.17) is 16.9 Å². The molecular formula is C18H16ClN3O2. The molecule has 5 nitrogen and oxygen atoms in total. The third-order valence-corrected chi connectivity index (χ3v) is 3.92. The molecule has 0 fully saturated rings. The van der Waals surface area contributed by atoms with Gasteiger partial charge in [-0.15, -0.1) is 0 Å². The third kappa shape index (κ3) is 4.12. The fourth-order valence-electron chi connectivity index (χ4n) is 2.23. The Bertz CT molecular complexity index is 810. The molecule has 0 atom stereocenters. The molecule has 2 aromatic carbocycles. The molecular weight excluding hydrogens is 326 g/mol. The number of nitrogens with one attached hydrogen (secondary N) is 1. The molecule has 0 aliphatic carbocycles. The summed E-state index contributed by atoms with van der Waals surface area (Å²) < 4.78 is 0. The molecule has 2 aromatic rings. The van der Waals surface area contributed by atoms with Crippen LogP contribution in [0, 0.1) is 18.3 Å². The van der Waals surface area contributed by atoms with Gasteiger partial charge in [0.2, 0.25) is 11.8 Å². The van der Waals surface area contributed by atoms with Gasteiger partial charge < -0.3 is 10.2 Å². The first kappa shape index (κ1) is 17.5. The van der Waals surface area contributed by atoms with E-state index >= 15 is 0 Å². The number of halogens is 1. The second kappa shape index (κ2) is 7.62. The average Bonchev–Trinajstić information content (AvgIpc) is 2.56. The number of carbonyl (C=O) groups is 2. The molecule has 1 N–H and O–H groups in total. The molecule has 0 aliphatic heterocycles. The van der Waals surface area contributed by atoms with Gasteiger partial charge in [0.1, 0.15) is 6.54 Å². The highest BCUT2D eigenvalue weighted by Gasteiger charge is 2.18. The third-order valence-electron chi connectivity index (χ3n) is 3.51. The molecule has 0 unspecified atom stereocenters. The predicted octanol–water partition coefficient (Wildman–Crippen LogP) is 3.51. The number of anilines is 2. The molecule has 0 saturated heterocycles. The van der Waals surface area contributed by atoms with Gasteiger partial charge in [-0.25, -0.2) is 0 Å². The first-order valence-electron chi connectivity index (χ1n) is 7.25. The van der Waals surface area contributed by atoms with Crippen LogP contribution < -0.4 is 10.2 Å². The summed E-state index contributed by atoms with van der Waals surface area (Å²) in [6, 6.07) is 13.7. The lowest BCUT2D eigenvalue weighted by atomic mass is 10.1. The van der Waals surface area contributed by atoms with Crippen molar-refractivity contribution in [2.45, 2.75) is 13.8 Å². The highest BCUT2D eigenvalue weighted by molar-refractivity contribution is 6.31. The molecule has 0 aliphatic rings.